The minimum Gasteiger partial charge on any atom is -0.403 e. The molecule has 0 radical (unpaired) electrons. The minimum absolute atomic E-state index is 0.913. The molecule has 9 heavy (non-hydrogen) atoms. The third-order valence-electron chi connectivity index (χ3n) is 1.98. The SMILES string of the molecule is CC[Si]1(N)CCCCO1. The molecule has 0 amide bonds. The monoisotopic (exact) mass is 145 g/mol. The van der Waals surface area contributed by atoms with E-state index in [4.69, 9.17) is 9.83 Å². The van der Waals surface area contributed by atoms with Gasteiger partial charge in [0.2, 0.25) is 0 Å². The van der Waals surface area contributed by atoms with Gasteiger partial charge in [-0.15, -0.1) is 0 Å². The maximum absolute atomic E-state index is 5.98. The minimum atomic E-state index is -1.61. The quantitative estimate of drug-likeness (QED) is 0.563. The van der Waals surface area contributed by atoms with Gasteiger partial charge < -0.3 is 9.83 Å². The highest BCUT2D eigenvalue weighted by Crippen LogP contribution is 2.19. The number of hydrogen-bond acceptors (Lipinski definition) is 2. The molecule has 1 rings (SSSR count). The fourth-order valence-corrected chi connectivity index (χ4v) is 3.25. The lowest BCUT2D eigenvalue weighted by molar-refractivity contribution is 0.267. The Bertz CT molecular complexity index is 91.1. The van der Waals surface area contributed by atoms with E-state index in [0.29, 0.717) is 0 Å². The molecule has 2 N–H and O–H groups in total. The van der Waals surface area contributed by atoms with Crippen LogP contribution in [0.2, 0.25) is 12.1 Å². The van der Waals surface area contributed by atoms with Crippen LogP contribution in [0.3, 0.4) is 0 Å². The lowest BCUT2D eigenvalue weighted by atomic mass is 10.4. The van der Waals surface area contributed by atoms with Crippen LogP contribution in [0.5, 0.6) is 0 Å². The van der Waals surface area contributed by atoms with Crippen LogP contribution in [-0.4, -0.2) is 15.1 Å². The van der Waals surface area contributed by atoms with Crippen LogP contribution >= 0.6 is 0 Å². The smallest absolute Gasteiger partial charge is 0.265 e. The summed E-state index contributed by atoms with van der Waals surface area (Å²) in [6.45, 7) is 3.05. The van der Waals surface area contributed by atoms with Crippen molar-refractivity contribution in [1.82, 2.24) is 0 Å². The zero-order valence-electron chi connectivity index (χ0n) is 6.02. The Morgan fingerprint density at radius 1 is 1.56 bits per heavy atom. The molecule has 0 aromatic rings. The summed E-state index contributed by atoms with van der Waals surface area (Å²) in [5, 5.41) is 5.98. The van der Waals surface area contributed by atoms with Gasteiger partial charge in [0.1, 0.15) is 0 Å². The summed E-state index contributed by atoms with van der Waals surface area (Å²) < 4.78 is 5.53. The highest BCUT2D eigenvalue weighted by molar-refractivity contribution is 6.70. The molecule has 0 aromatic heterocycles. The molecule has 54 valence electrons. The van der Waals surface area contributed by atoms with Crippen LogP contribution in [0.1, 0.15) is 19.8 Å². The maximum atomic E-state index is 5.98. The fraction of sp³-hybridized carbons (Fsp3) is 1.00. The summed E-state index contributed by atoms with van der Waals surface area (Å²) >= 11 is 0. The largest absolute Gasteiger partial charge is 0.403 e. The predicted octanol–water partition coefficient (Wildman–Crippen LogP) is 1.22. The fourth-order valence-electron chi connectivity index (χ4n) is 1.15. The van der Waals surface area contributed by atoms with Gasteiger partial charge in [0, 0.05) is 6.61 Å². The van der Waals surface area contributed by atoms with Gasteiger partial charge in [0.15, 0.2) is 0 Å². The van der Waals surface area contributed by atoms with Gasteiger partial charge in [-0.3, -0.25) is 0 Å². The second-order valence-corrected chi connectivity index (χ2v) is 6.35. The topological polar surface area (TPSA) is 35.2 Å². The van der Waals surface area contributed by atoms with E-state index < -0.39 is 8.48 Å². The first-order valence-electron chi connectivity index (χ1n) is 3.70. The second-order valence-electron chi connectivity index (χ2n) is 2.72. The first kappa shape index (κ1) is 7.25. The van der Waals surface area contributed by atoms with Crippen molar-refractivity contribution in [3.8, 4) is 0 Å². The van der Waals surface area contributed by atoms with Crippen molar-refractivity contribution in [1.29, 1.82) is 0 Å². The molecular weight excluding hydrogens is 130 g/mol. The molecule has 2 nitrogen and oxygen atoms in total. The van der Waals surface area contributed by atoms with Gasteiger partial charge in [0.25, 0.3) is 8.48 Å². The Morgan fingerprint density at radius 2 is 2.33 bits per heavy atom. The van der Waals surface area contributed by atoms with Gasteiger partial charge in [0.05, 0.1) is 0 Å². The first-order valence-corrected chi connectivity index (χ1v) is 6.10. The van der Waals surface area contributed by atoms with Gasteiger partial charge in [-0.1, -0.05) is 13.3 Å². The molecule has 1 aliphatic rings. The van der Waals surface area contributed by atoms with Gasteiger partial charge in [-0.05, 0) is 18.5 Å². The average molecular weight is 145 g/mol. The Hall–Kier alpha value is 0.137. The Morgan fingerprint density at radius 3 is 2.67 bits per heavy atom. The molecule has 1 saturated heterocycles. The predicted molar refractivity (Wildman–Crippen MR) is 40.4 cm³/mol. The Labute approximate surface area is 57.6 Å². The summed E-state index contributed by atoms with van der Waals surface area (Å²) in [6.07, 6.45) is 2.50. The lowest BCUT2D eigenvalue weighted by Crippen LogP contribution is -2.50. The van der Waals surface area contributed by atoms with Crippen molar-refractivity contribution in [3.63, 3.8) is 0 Å². The van der Waals surface area contributed by atoms with Crippen molar-refractivity contribution < 1.29 is 4.43 Å². The van der Waals surface area contributed by atoms with Crippen molar-refractivity contribution in [3.05, 3.63) is 0 Å². The number of hydrogen-bond donors (Lipinski definition) is 1. The second kappa shape index (κ2) is 2.81. The zero-order valence-corrected chi connectivity index (χ0v) is 7.02. The highest BCUT2D eigenvalue weighted by atomic mass is 28.4. The molecule has 0 spiro atoms. The molecule has 3 heteroatoms. The molecule has 1 atom stereocenters. The summed E-state index contributed by atoms with van der Waals surface area (Å²) in [7, 11) is -1.61. The van der Waals surface area contributed by atoms with E-state index in [9.17, 15) is 0 Å². The summed E-state index contributed by atoms with van der Waals surface area (Å²) in [5.74, 6) is 0. The first-order chi connectivity index (χ1) is 4.27. The lowest BCUT2D eigenvalue weighted by Gasteiger charge is -2.29. The van der Waals surface area contributed by atoms with Crippen molar-refractivity contribution in [2.45, 2.75) is 31.9 Å². The van der Waals surface area contributed by atoms with E-state index in [0.717, 1.165) is 12.7 Å². The molecule has 1 heterocycles. The Balaban J connectivity index is 2.37. The van der Waals surface area contributed by atoms with E-state index in [1.54, 1.807) is 0 Å². The van der Waals surface area contributed by atoms with E-state index in [2.05, 4.69) is 6.92 Å². The summed E-state index contributed by atoms with van der Waals surface area (Å²) in [4.78, 5) is 0. The number of nitrogens with two attached hydrogens (primary N) is 1. The van der Waals surface area contributed by atoms with Crippen LogP contribution in [0.4, 0.5) is 0 Å². The third-order valence-corrected chi connectivity index (χ3v) is 5.16. The average Bonchev–Trinajstić information content (AvgIpc) is 1.90. The van der Waals surface area contributed by atoms with Crippen LogP contribution in [-0.2, 0) is 4.43 Å². The Kier molecular flexibility index (Phi) is 2.27. The van der Waals surface area contributed by atoms with Crippen LogP contribution in [0.15, 0.2) is 0 Å². The van der Waals surface area contributed by atoms with Crippen molar-refractivity contribution in [2.75, 3.05) is 6.61 Å². The van der Waals surface area contributed by atoms with Crippen molar-refractivity contribution in [2.24, 2.45) is 5.40 Å². The molecule has 0 bridgehead atoms. The maximum Gasteiger partial charge on any atom is 0.265 e. The highest BCUT2D eigenvalue weighted by Gasteiger charge is 2.30. The van der Waals surface area contributed by atoms with Crippen LogP contribution < -0.4 is 5.40 Å². The molecule has 1 aliphatic heterocycles. The zero-order chi connectivity index (χ0) is 6.74. The van der Waals surface area contributed by atoms with E-state index >= 15 is 0 Å². The molecular formula is C6H15NOSi. The van der Waals surface area contributed by atoms with Crippen LogP contribution in [0.25, 0.3) is 0 Å². The molecule has 0 aromatic carbocycles. The van der Waals surface area contributed by atoms with Crippen molar-refractivity contribution >= 4 is 8.48 Å². The molecule has 0 saturated carbocycles. The van der Waals surface area contributed by atoms with E-state index in [1.165, 1.54) is 18.9 Å². The summed E-state index contributed by atoms with van der Waals surface area (Å²) in [5.41, 5.74) is 0. The number of rotatable bonds is 1. The standard InChI is InChI=1S/C6H15NOSi/c1-2-9(7)6-4-3-5-8-9/h2-7H2,1H3. The van der Waals surface area contributed by atoms with E-state index in [1.807, 2.05) is 0 Å². The third kappa shape index (κ3) is 1.78. The van der Waals surface area contributed by atoms with Gasteiger partial charge >= 0.3 is 0 Å². The molecule has 1 unspecified atom stereocenters. The molecule has 0 aliphatic carbocycles. The molecule has 1 fully saturated rings. The van der Waals surface area contributed by atoms with Gasteiger partial charge in [-0.2, -0.15) is 0 Å². The van der Waals surface area contributed by atoms with Gasteiger partial charge in [-0.25, -0.2) is 0 Å². The van der Waals surface area contributed by atoms with Crippen LogP contribution in [0, 0.1) is 0 Å². The van der Waals surface area contributed by atoms with E-state index in [-0.39, 0.29) is 0 Å². The summed E-state index contributed by atoms with van der Waals surface area (Å²) in [6, 6.07) is 2.25. The normalized spacial score (nSPS) is 36.7.